The van der Waals surface area contributed by atoms with Crippen molar-refractivity contribution >= 4 is 17.7 Å². The Hall–Kier alpha value is -2.31. The molecule has 2 unspecified atom stereocenters. The lowest BCUT2D eigenvalue weighted by Crippen LogP contribution is -2.48. The van der Waals surface area contributed by atoms with E-state index < -0.39 is 17.7 Å². The van der Waals surface area contributed by atoms with Crippen LogP contribution in [0.25, 0.3) is 0 Å². The molecule has 0 saturated carbocycles. The molecule has 0 aromatic heterocycles. The van der Waals surface area contributed by atoms with Crippen molar-refractivity contribution in [1.29, 1.82) is 0 Å². The smallest absolute Gasteiger partial charge is 0.410 e. The maximum atomic E-state index is 13.1. The van der Waals surface area contributed by atoms with Crippen molar-refractivity contribution in [2.24, 2.45) is 5.92 Å². The van der Waals surface area contributed by atoms with Gasteiger partial charge >= 0.3 is 6.09 Å². The van der Waals surface area contributed by atoms with Crippen LogP contribution in [-0.2, 0) is 9.53 Å². The number of hydrogen-bond acceptors (Lipinski definition) is 4. The van der Waals surface area contributed by atoms with Crippen molar-refractivity contribution in [3.63, 3.8) is 0 Å². The van der Waals surface area contributed by atoms with Crippen LogP contribution in [0.15, 0.2) is 24.3 Å². The van der Waals surface area contributed by atoms with Gasteiger partial charge in [0.15, 0.2) is 0 Å². The van der Waals surface area contributed by atoms with Gasteiger partial charge in [-0.05, 0) is 70.2 Å². The number of carbonyl (C=O) groups is 2. The molecule has 0 radical (unpaired) electrons. The zero-order valence-corrected chi connectivity index (χ0v) is 16.9. The average molecular weight is 391 g/mol. The van der Waals surface area contributed by atoms with Crippen molar-refractivity contribution in [2.45, 2.75) is 51.7 Å². The first-order chi connectivity index (χ1) is 13.2. The van der Waals surface area contributed by atoms with Crippen LogP contribution < -0.4 is 10.2 Å². The second-order valence-electron chi connectivity index (χ2n) is 8.65. The van der Waals surface area contributed by atoms with E-state index in [9.17, 15) is 14.0 Å². The van der Waals surface area contributed by atoms with Crippen LogP contribution in [0.4, 0.5) is 14.9 Å². The van der Waals surface area contributed by atoms with Crippen molar-refractivity contribution < 1.29 is 18.7 Å². The van der Waals surface area contributed by atoms with E-state index in [1.54, 1.807) is 17.0 Å². The number of carbonyl (C=O) groups excluding carboxylic acids is 2. The number of likely N-dealkylation sites (tertiary alicyclic amines) is 1. The molecule has 2 fully saturated rings. The molecule has 6 nitrogen and oxygen atoms in total. The summed E-state index contributed by atoms with van der Waals surface area (Å²) in [5, 5.41) is 3.02. The minimum atomic E-state index is -0.575. The maximum Gasteiger partial charge on any atom is 0.410 e. The van der Waals surface area contributed by atoms with Crippen LogP contribution in [-0.4, -0.2) is 54.7 Å². The summed E-state index contributed by atoms with van der Waals surface area (Å²) in [5.41, 5.74) is 0.427. The lowest BCUT2D eigenvalue weighted by atomic mass is 10.1. The highest BCUT2D eigenvalue weighted by atomic mass is 19.1. The molecule has 0 aliphatic carbocycles. The molecule has 2 saturated heterocycles. The molecule has 0 spiro atoms. The molecule has 28 heavy (non-hydrogen) atoms. The summed E-state index contributed by atoms with van der Waals surface area (Å²) in [6, 6.07) is 6.05. The summed E-state index contributed by atoms with van der Waals surface area (Å²) < 4.78 is 18.5. The van der Waals surface area contributed by atoms with Gasteiger partial charge in [-0.2, -0.15) is 0 Å². The Bertz CT molecular complexity index is 702. The number of amides is 2. The minimum Gasteiger partial charge on any atom is -0.444 e. The van der Waals surface area contributed by atoms with Crippen LogP contribution in [0.1, 0.15) is 40.0 Å². The molecule has 2 heterocycles. The van der Waals surface area contributed by atoms with Gasteiger partial charge in [0.05, 0.1) is 0 Å². The zero-order chi connectivity index (χ0) is 20.3. The topological polar surface area (TPSA) is 61.9 Å². The number of anilines is 1. The first-order valence-electron chi connectivity index (χ1n) is 10.0. The van der Waals surface area contributed by atoms with Gasteiger partial charge in [-0.25, -0.2) is 9.18 Å². The fourth-order valence-electron chi connectivity index (χ4n) is 3.83. The Morgan fingerprint density at radius 3 is 2.57 bits per heavy atom. The molecule has 3 rings (SSSR count). The summed E-state index contributed by atoms with van der Waals surface area (Å²) >= 11 is 0. The first-order valence-corrected chi connectivity index (χ1v) is 10.0. The third-order valence-electron chi connectivity index (χ3n) is 5.23. The Kier molecular flexibility index (Phi) is 6.10. The van der Waals surface area contributed by atoms with Gasteiger partial charge in [-0.15, -0.1) is 0 Å². The second kappa shape index (κ2) is 8.37. The molecule has 7 heteroatoms. The summed E-state index contributed by atoms with van der Waals surface area (Å²) in [6.45, 7) is 8.31. The van der Waals surface area contributed by atoms with Crippen molar-refractivity contribution in [3.05, 3.63) is 30.1 Å². The SMILES string of the molecule is CC(C)(C)OC(=O)N1CCCC1C(=O)NCC1CCN(c2ccc(F)cc2)C1. The number of halogens is 1. The molecule has 2 atom stereocenters. The standard InChI is InChI=1S/C21H30FN3O3/c1-21(2,3)28-20(27)25-11-4-5-18(25)19(26)23-13-15-10-12-24(14-15)17-8-6-16(22)7-9-17/h6-9,15,18H,4-5,10-14H2,1-3H3,(H,23,26). The van der Waals surface area contributed by atoms with E-state index in [0.717, 1.165) is 31.6 Å². The van der Waals surface area contributed by atoms with Crippen molar-refractivity contribution in [1.82, 2.24) is 10.2 Å². The van der Waals surface area contributed by atoms with Crippen LogP contribution >= 0.6 is 0 Å². The lowest BCUT2D eigenvalue weighted by molar-refractivity contribution is -0.125. The quantitative estimate of drug-likeness (QED) is 0.856. The van der Waals surface area contributed by atoms with E-state index >= 15 is 0 Å². The van der Waals surface area contributed by atoms with E-state index in [1.807, 2.05) is 20.8 Å². The molecular weight excluding hydrogens is 361 g/mol. The molecule has 0 bridgehead atoms. The number of nitrogens with one attached hydrogen (secondary N) is 1. The van der Waals surface area contributed by atoms with Crippen molar-refractivity contribution in [2.75, 3.05) is 31.1 Å². The van der Waals surface area contributed by atoms with Crippen molar-refractivity contribution in [3.8, 4) is 0 Å². The number of rotatable bonds is 4. The van der Waals surface area contributed by atoms with Gasteiger partial charge in [0.2, 0.25) is 5.91 Å². The molecule has 1 aromatic carbocycles. The van der Waals surface area contributed by atoms with E-state index in [0.29, 0.717) is 25.4 Å². The number of benzene rings is 1. The Balaban J connectivity index is 1.48. The molecule has 154 valence electrons. The average Bonchev–Trinajstić information content (AvgIpc) is 3.28. The monoisotopic (exact) mass is 391 g/mol. The highest BCUT2D eigenvalue weighted by molar-refractivity contribution is 5.86. The molecule has 2 amide bonds. The van der Waals surface area contributed by atoms with E-state index in [2.05, 4.69) is 10.2 Å². The predicted octanol–water partition coefficient (Wildman–Crippen LogP) is 3.17. The summed E-state index contributed by atoms with van der Waals surface area (Å²) in [7, 11) is 0. The molecule has 2 aliphatic heterocycles. The van der Waals surface area contributed by atoms with Crippen LogP contribution in [0, 0.1) is 11.7 Å². The van der Waals surface area contributed by atoms with Gasteiger partial charge in [0, 0.05) is 31.9 Å². The van der Waals surface area contributed by atoms with E-state index in [-0.39, 0.29) is 11.7 Å². The van der Waals surface area contributed by atoms with E-state index in [1.165, 1.54) is 12.1 Å². The lowest BCUT2D eigenvalue weighted by Gasteiger charge is -2.28. The van der Waals surface area contributed by atoms with Gasteiger partial charge in [-0.3, -0.25) is 9.69 Å². The van der Waals surface area contributed by atoms with Gasteiger partial charge in [-0.1, -0.05) is 0 Å². The van der Waals surface area contributed by atoms with Crippen LogP contribution in [0.2, 0.25) is 0 Å². The largest absolute Gasteiger partial charge is 0.444 e. The first kappa shape index (κ1) is 20.4. The molecule has 2 aliphatic rings. The molecule has 1 aromatic rings. The Morgan fingerprint density at radius 2 is 1.89 bits per heavy atom. The summed E-state index contributed by atoms with van der Waals surface area (Å²) in [5.74, 6) is -0.00756. The van der Waals surface area contributed by atoms with Crippen LogP contribution in [0.5, 0.6) is 0 Å². The minimum absolute atomic E-state index is 0.108. The maximum absolute atomic E-state index is 13.1. The third kappa shape index (κ3) is 5.14. The highest BCUT2D eigenvalue weighted by Gasteiger charge is 2.37. The second-order valence-corrected chi connectivity index (χ2v) is 8.65. The zero-order valence-electron chi connectivity index (χ0n) is 16.9. The Labute approximate surface area is 166 Å². The van der Waals surface area contributed by atoms with Gasteiger partial charge < -0.3 is 15.0 Å². The highest BCUT2D eigenvalue weighted by Crippen LogP contribution is 2.24. The normalized spacial score (nSPS) is 22.4. The number of hydrogen-bond donors (Lipinski definition) is 1. The fraction of sp³-hybridized carbons (Fsp3) is 0.619. The fourth-order valence-corrected chi connectivity index (χ4v) is 3.83. The molecular formula is C21H30FN3O3. The number of ether oxygens (including phenoxy) is 1. The number of nitrogens with zero attached hydrogens (tertiary/aromatic N) is 2. The summed E-state index contributed by atoms with van der Waals surface area (Å²) in [4.78, 5) is 28.8. The van der Waals surface area contributed by atoms with Gasteiger partial charge in [0.1, 0.15) is 17.5 Å². The summed E-state index contributed by atoms with van der Waals surface area (Å²) in [6.07, 6.45) is 2.02. The third-order valence-corrected chi connectivity index (χ3v) is 5.23. The van der Waals surface area contributed by atoms with Crippen LogP contribution in [0.3, 0.4) is 0 Å². The van der Waals surface area contributed by atoms with Gasteiger partial charge in [0.25, 0.3) is 0 Å². The van der Waals surface area contributed by atoms with E-state index in [4.69, 9.17) is 4.74 Å². The predicted molar refractivity (Wildman–Crippen MR) is 106 cm³/mol. The Morgan fingerprint density at radius 1 is 1.18 bits per heavy atom. The molecule has 1 N–H and O–H groups in total.